The molecular weight excluding hydrogens is 210 g/mol. The first-order chi connectivity index (χ1) is 7.06. The van der Waals surface area contributed by atoms with E-state index in [4.69, 9.17) is 11.6 Å². The molecule has 0 unspecified atom stereocenters. The Morgan fingerprint density at radius 2 is 1.93 bits per heavy atom. The van der Waals surface area contributed by atoms with Gasteiger partial charge in [-0.2, -0.15) is 0 Å². The molecule has 1 saturated carbocycles. The van der Waals surface area contributed by atoms with E-state index in [0.29, 0.717) is 11.8 Å². The fourth-order valence-electron chi connectivity index (χ4n) is 1.93. The zero-order valence-corrected chi connectivity index (χ0v) is 10.6. The fourth-order valence-corrected chi connectivity index (χ4v) is 2.05. The Bertz CT molecular complexity index is 210. The molecule has 0 heterocycles. The van der Waals surface area contributed by atoms with Crippen LogP contribution >= 0.6 is 11.6 Å². The Labute approximate surface area is 97.8 Å². The van der Waals surface area contributed by atoms with Gasteiger partial charge in [0.25, 0.3) is 0 Å². The molecule has 1 fully saturated rings. The Morgan fingerprint density at radius 1 is 1.33 bits per heavy atom. The largest absolute Gasteiger partial charge is 0.355 e. The van der Waals surface area contributed by atoms with Crippen molar-refractivity contribution in [2.45, 2.75) is 46.0 Å². The molecule has 88 valence electrons. The standard InChI is InChI=1S/C12H22ClNO/c1-12(2,9-13)11(15)14-8-10-6-4-3-5-7-10/h10H,3-9H2,1-2H3,(H,14,15). The van der Waals surface area contributed by atoms with Gasteiger partial charge in [0.1, 0.15) is 0 Å². The predicted molar refractivity (Wildman–Crippen MR) is 64.1 cm³/mol. The van der Waals surface area contributed by atoms with E-state index < -0.39 is 5.41 Å². The molecule has 0 atom stereocenters. The lowest BCUT2D eigenvalue weighted by molar-refractivity contribution is -0.128. The van der Waals surface area contributed by atoms with Crippen LogP contribution in [0.3, 0.4) is 0 Å². The second kappa shape index (κ2) is 5.74. The van der Waals surface area contributed by atoms with Crippen molar-refractivity contribution in [2.75, 3.05) is 12.4 Å². The highest BCUT2D eigenvalue weighted by atomic mass is 35.5. The third-order valence-electron chi connectivity index (χ3n) is 3.22. The molecule has 3 heteroatoms. The molecule has 1 rings (SSSR count). The van der Waals surface area contributed by atoms with E-state index in [0.717, 1.165) is 6.54 Å². The Balaban J connectivity index is 2.26. The predicted octanol–water partition coefficient (Wildman–Crippen LogP) is 2.95. The van der Waals surface area contributed by atoms with Crippen LogP contribution in [0, 0.1) is 11.3 Å². The third kappa shape index (κ3) is 4.02. The maximum absolute atomic E-state index is 11.7. The third-order valence-corrected chi connectivity index (χ3v) is 3.89. The van der Waals surface area contributed by atoms with Crippen LogP contribution in [-0.2, 0) is 4.79 Å². The molecule has 2 nitrogen and oxygen atoms in total. The summed E-state index contributed by atoms with van der Waals surface area (Å²) in [5, 5.41) is 3.02. The van der Waals surface area contributed by atoms with Crippen LogP contribution in [0.5, 0.6) is 0 Å². The average Bonchev–Trinajstić information content (AvgIpc) is 2.27. The molecule has 1 N–H and O–H groups in total. The van der Waals surface area contributed by atoms with E-state index in [1.165, 1.54) is 32.1 Å². The molecular formula is C12H22ClNO. The second-order valence-electron chi connectivity index (χ2n) is 5.23. The van der Waals surface area contributed by atoms with Gasteiger partial charge in [-0.3, -0.25) is 4.79 Å². The Morgan fingerprint density at radius 3 is 2.47 bits per heavy atom. The van der Waals surface area contributed by atoms with Gasteiger partial charge in [0.05, 0.1) is 5.41 Å². The first-order valence-electron chi connectivity index (χ1n) is 5.90. The van der Waals surface area contributed by atoms with E-state index >= 15 is 0 Å². The van der Waals surface area contributed by atoms with Gasteiger partial charge < -0.3 is 5.32 Å². The lowest BCUT2D eigenvalue weighted by atomic mass is 9.88. The normalized spacial score (nSPS) is 18.9. The van der Waals surface area contributed by atoms with Crippen molar-refractivity contribution in [1.29, 1.82) is 0 Å². The van der Waals surface area contributed by atoms with Gasteiger partial charge in [0.2, 0.25) is 5.91 Å². The molecule has 0 saturated heterocycles. The highest BCUT2D eigenvalue weighted by molar-refractivity contribution is 6.19. The molecule has 0 radical (unpaired) electrons. The highest BCUT2D eigenvalue weighted by Crippen LogP contribution is 2.23. The van der Waals surface area contributed by atoms with Crippen molar-refractivity contribution in [2.24, 2.45) is 11.3 Å². The number of carbonyl (C=O) groups is 1. The maximum atomic E-state index is 11.7. The zero-order valence-electron chi connectivity index (χ0n) is 9.81. The average molecular weight is 232 g/mol. The second-order valence-corrected chi connectivity index (χ2v) is 5.50. The van der Waals surface area contributed by atoms with Crippen molar-refractivity contribution in [3.63, 3.8) is 0 Å². The van der Waals surface area contributed by atoms with Crippen LogP contribution in [0.2, 0.25) is 0 Å². The molecule has 0 bridgehead atoms. The quantitative estimate of drug-likeness (QED) is 0.741. The summed E-state index contributed by atoms with van der Waals surface area (Å²) in [6.45, 7) is 4.60. The molecule has 0 aromatic carbocycles. The van der Waals surface area contributed by atoms with Gasteiger partial charge in [-0.1, -0.05) is 19.3 Å². The SMILES string of the molecule is CC(C)(CCl)C(=O)NCC1CCCCC1. The monoisotopic (exact) mass is 231 g/mol. The molecule has 0 aliphatic heterocycles. The molecule has 1 amide bonds. The number of halogens is 1. The van der Waals surface area contributed by atoms with Gasteiger partial charge in [0.15, 0.2) is 0 Å². The topological polar surface area (TPSA) is 29.1 Å². The summed E-state index contributed by atoms with van der Waals surface area (Å²) in [4.78, 5) is 11.7. The van der Waals surface area contributed by atoms with E-state index in [2.05, 4.69) is 5.32 Å². The molecule has 1 aliphatic rings. The summed E-state index contributed by atoms with van der Waals surface area (Å²) < 4.78 is 0. The maximum Gasteiger partial charge on any atom is 0.226 e. The summed E-state index contributed by atoms with van der Waals surface area (Å²) in [5.41, 5.74) is -0.434. The summed E-state index contributed by atoms with van der Waals surface area (Å²) >= 11 is 5.75. The van der Waals surface area contributed by atoms with Crippen molar-refractivity contribution in [3.05, 3.63) is 0 Å². The molecule has 0 spiro atoms. The number of rotatable bonds is 4. The van der Waals surface area contributed by atoms with Crippen molar-refractivity contribution < 1.29 is 4.79 Å². The van der Waals surface area contributed by atoms with Crippen LogP contribution in [0.15, 0.2) is 0 Å². The first kappa shape index (κ1) is 12.8. The summed E-state index contributed by atoms with van der Waals surface area (Å²) in [6, 6.07) is 0. The smallest absolute Gasteiger partial charge is 0.226 e. The van der Waals surface area contributed by atoms with Crippen LogP contribution in [0.1, 0.15) is 46.0 Å². The number of amides is 1. The fraction of sp³-hybridized carbons (Fsp3) is 0.917. The van der Waals surface area contributed by atoms with Gasteiger partial charge in [-0.05, 0) is 32.6 Å². The number of hydrogen-bond donors (Lipinski definition) is 1. The Hall–Kier alpha value is -0.240. The van der Waals surface area contributed by atoms with Crippen LogP contribution < -0.4 is 5.32 Å². The zero-order chi connectivity index (χ0) is 11.3. The van der Waals surface area contributed by atoms with Crippen LogP contribution in [-0.4, -0.2) is 18.3 Å². The minimum atomic E-state index is -0.434. The van der Waals surface area contributed by atoms with Crippen LogP contribution in [0.4, 0.5) is 0 Å². The number of nitrogens with one attached hydrogen (secondary N) is 1. The highest BCUT2D eigenvalue weighted by Gasteiger charge is 2.26. The Kier molecular flexibility index (Phi) is 4.91. The number of alkyl halides is 1. The molecule has 0 aromatic heterocycles. The molecule has 0 aromatic rings. The van der Waals surface area contributed by atoms with Crippen LogP contribution in [0.25, 0.3) is 0 Å². The molecule has 1 aliphatic carbocycles. The van der Waals surface area contributed by atoms with Gasteiger partial charge >= 0.3 is 0 Å². The lowest BCUT2D eigenvalue weighted by Crippen LogP contribution is -2.40. The lowest BCUT2D eigenvalue weighted by Gasteiger charge is -2.25. The summed E-state index contributed by atoms with van der Waals surface area (Å²) in [7, 11) is 0. The number of hydrogen-bond acceptors (Lipinski definition) is 1. The first-order valence-corrected chi connectivity index (χ1v) is 6.44. The van der Waals surface area contributed by atoms with Gasteiger partial charge in [0, 0.05) is 12.4 Å². The van der Waals surface area contributed by atoms with E-state index in [1.54, 1.807) is 0 Å². The van der Waals surface area contributed by atoms with E-state index in [1.807, 2.05) is 13.8 Å². The minimum Gasteiger partial charge on any atom is -0.355 e. The van der Waals surface area contributed by atoms with Crippen molar-refractivity contribution in [3.8, 4) is 0 Å². The van der Waals surface area contributed by atoms with Crippen molar-refractivity contribution in [1.82, 2.24) is 5.32 Å². The molecule has 15 heavy (non-hydrogen) atoms. The van der Waals surface area contributed by atoms with Gasteiger partial charge in [-0.15, -0.1) is 11.6 Å². The minimum absolute atomic E-state index is 0.0862. The number of carbonyl (C=O) groups excluding carboxylic acids is 1. The summed E-state index contributed by atoms with van der Waals surface area (Å²) in [5.74, 6) is 1.15. The van der Waals surface area contributed by atoms with E-state index in [9.17, 15) is 4.79 Å². The van der Waals surface area contributed by atoms with E-state index in [-0.39, 0.29) is 5.91 Å². The van der Waals surface area contributed by atoms with Gasteiger partial charge in [-0.25, -0.2) is 0 Å². The van der Waals surface area contributed by atoms with Crippen molar-refractivity contribution >= 4 is 17.5 Å². The summed E-state index contributed by atoms with van der Waals surface area (Å²) in [6.07, 6.45) is 6.53.